The summed E-state index contributed by atoms with van der Waals surface area (Å²) in [7, 11) is 0. The van der Waals surface area contributed by atoms with E-state index in [1.165, 1.54) is 6.42 Å². The molecule has 1 saturated heterocycles. The van der Waals surface area contributed by atoms with Crippen molar-refractivity contribution in [3.8, 4) is 0 Å². The standard InChI is InChI=1S/C24H29N3O3/c1-2-30-16-15-27-17-21(19-11-8-12-25-23(19)27)22(26-13-6-3-7-14-26)18-9-4-5-10-20(18)24(28)29/h4-5,8-12,17,22H,2-3,6-7,13-16H2,1H3,(H,28,29). The molecule has 1 unspecified atom stereocenters. The molecule has 1 N–H and O–H groups in total. The van der Waals surface area contributed by atoms with Crippen LogP contribution in [0.1, 0.15) is 53.7 Å². The molecule has 3 heterocycles. The number of likely N-dealkylation sites (tertiary alicyclic amines) is 1. The van der Waals surface area contributed by atoms with E-state index in [9.17, 15) is 9.90 Å². The van der Waals surface area contributed by atoms with E-state index in [0.717, 1.165) is 48.1 Å². The summed E-state index contributed by atoms with van der Waals surface area (Å²) in [6.45, 7) is 5.94. The highest BCUT2D eigenvalue weighted by atomic mass is 16.5. The SMILES string of the molecule is CCOCCn1cc(C(c2ccccc2C(=O)O)N2CCCCC2)c2cccnc21. The lowest BCUT2D eigenvalue weighted by Gasteiger charge is -2.35. The maximum atomic E-state index is 12.0. The Hall–Kier alpha value is -2.70. The third kappa shape index (κ3) is 4.11. The van der Waals surface area contributed by atoms with E-state index in [1.807, 2.05) is 31.3 Å². The minimum absolute atomic E-state index is 0.113. The summed E-state index contributed by atoms with van der Waals surface area (Å²) in [5.41, 5.74) is 3.25. The summed E-state index contributed by atoms with van der Waals surface area (Å²) in [5.74, 6) is -0.884. The number of piperidine rings is 1. The minimum atomic E-state index is -0.884. The Morgan fingerprint density at radius 3 is 2.70 bits per heavy atom. The molecule has 4 rings (SSSR count). The van der Waals surface area contributed by atoms with Crippen molar-refractivity contribution >= 4 is 17.0 Å². The van der Waals surface area contributed by atoms with Crippen molar-refractivity contribution in [1.82, 2.24) is 14.5 Å². The topological polar surface area (TPSA) is 67.6 Å². The third-order valence-corrected chi connectivity index (χ3v) is 5.88. The average molecular weight is 408 g/mol. The smallest absolute Gasteiger partial charge is 0.336 e. The maximum Gasteiger partial charge on any atom is 0.336 e. The maximum absolute atomic E-state index is 12.0. The van der Waals surface area contributed by atoms with Crippen LogP contribution in [0.3, 0.4) is 0 Å². The summed E-state index contributed by atoms with van der Waals surface area (Å²) in [6, 6.07) is 11.3. The van der Waals surface area contributed by atoms with Gasteiger partial charge in [0, 0.05) is 36.5 Å². The summed E-state index contributed by atoms with van der Waals surface area (Å²) in [5, 5.41) is 10.9. The van der Waals surface area contributed by atoms with Crippen LogP contribution in [0.25, 0.3) is 11.0 Å². The van der Waals surface area contributed by atoms with Crippen LogP contribution in [0, 0.1) is 0 Å². The molecule has 0 bridgehead atoms. The van der Waals surface area contributed by atoms with Crippen LogP contribution in [0.2, 0.25) is 0 Å². The van der Waals surface area contributed by atoms with Crippen molar-refractivity contribution in [2.24, 2.45) is 0 Å². The number of carboxylic acids is 1. The van der Waals surface area contributed by atoms with Crippen molar-refractivity contribution in [3.05, 3.63) is 65.5 Å². The Bertz CT molecular complexity index is 1010. The lowest BCUT2D eigenvalue weighted by Crippen LogP contribution is -2.35. The number of pyridine rings is 1. The van der Waals surface area contributed by atoms with E-state index < -0.39 is 5.97 Å². The van der Waals surface area contributed by atoms with Gasteiger partial charge < -0.3 is 14.4 Å². The van der Waals surface area contributed by atoms with Gasteiger partial charge in [0.15, 0.2) is 0 Å². The van der Waals surface area contributed by atoms with Gasteiger partial charge in [-0.1, -0.05) is 24.6 Å². The van der Waals surface area contributed by atoms with Crippen molar-refractivity contribution < 1.29 is 14.6 Å². The number of hydrogen-bond donors (Lipinski definition) is 1. The number of fused-ring (bicyclic) bond motifs is 1. The molecule has 1 fully saturated rings. The molecular weight excluding hydrogens is 378 g/mol. The second kappa shape index (κ2) is 9.41. The van der Waals surface area contributed by atoms with E-state index >= 15 is 0 Å². The summed E-state index contributed by atoms with van der Waals surface area (Å²) in [6.07, 6.45) is 7.44. The number of carboxylic acid groups (broad SMARTS) is 1. The lowest BCUT2D eigenvalue weighted by atomic mass is 9.91. The molecule has 6 nitrogen and oxygen atoms in total. The predicted molar refractivity (Wildman–Crippen MR) is 117 cm³/mol. The number of carbonyl (C=O) groups is 1. The number of rotatable bonds is 8. The molecule has 0 aliphatic carbocycles. The lowest BCUT2D eigenvalue weighted by molar-refractivity contribution is 0.0692. The number of aromatic nitrogens is 2. The molecule has 6 heteroatoms. The Balaban J connectivity index is 1.86. The third-order valence-electron chi connectivity index (χ3n) is 5.88. The molecule has 0 spiro atoms. The normalized spacial score (nSPS) is 16.0. The van der Waals surface area contributed by atoms with Crippen LogP contribution in [0.5, 0.6) is 0 Å². The number of ether oxygens (including phenoxy) is 1. The first kappa shape index (κ1) is 20.6. The van der Waals surface area contributed by atoms with Gasteiger partial charge in [0.25, 0.3) is 0 Å². The molecule has 3 aromatic rings. The highest BCUT2D eigenvalue weighted by molar-refractivity contribution is 5.90. The molecule has 0 radical (unpaired) electrons. The van der Waals surface area contributed by atoms with Crippen LogP contribution in [-0.2, 0) is 11.3 Å². The first-order chi connectivity index (χ1) is 14.7. The molecule has 2 aromatic heterocycles. The highest BCUT2D eigenvalue weighted by Gasteiger charge is 2.30. The highest BCUT2D eigenvalue weighted by Crippen LogP contribution is 2.37. The van der Waals surface area contributed by atoms with Gasteiger partial charge in [-0.15, -0.1) is 0 Å². The van der Waals surface area contributed by atoms with Crippen molar-refractivity contribution in [2.45, 2.75) is 38.8 Å². The van der Waals surface area contributed by atoms with Crippen molar-refractivity contribution in [2.75, 3.05) is 26.3 Å². The molecule has 1 aliphatic rings. The molecule has 30 heavy (non-hydrogen) atoms. The van der Waals surface area contributed by atoms with Gasteiger partial charge in [-0.25, -0.2) is 9.78 Å². The van der Waals surface area contributed by atoms with Gasteiger partial charge in [0.2, 0.25) is 0 Å². The molecular formula is C24H29N3O3. The van der Waals surface area contributed by atoms with E-state index in [4.69, 9.17) is 4.74 Å². The number of nitrogens with zero attached hydrogens (tertiary/aromatic N) is 3. The first-order valence-electron chi connectivity index (χ1n) is 10.8. The summed E-state index contributed by atoms with van der Waals surface area (Å²) < 4.78 is 7.71. The second-order valence-electron chi connectivity index (χ2n) is 7.74. The second-order valence-corrected chi connectivity index (χ2v) is 7.74. The fourth-order valence-electron chi connectivity index (χ4n) is 4.51. The zero-order chi connectivity index (χ0) is 20.9. The molecule has 0 amide bonds. The van der Waals surface area contributed by atoms with Gasteiger partial charge >= 0.3 is 5.97 Å². The number of hydrogen-bond acceptors (Lipinski definition) is 4. The van der Waals surface area contributed by atoms with Crippen LogP contribution >= 0.6 is 0 Å². The van der Waals surface area contributed by atoms with Crippen LogP contribution in [-0.4, -0.2) is 51.8 Å². The first-order valence-corrected chi connectivity index (χ1v) is 10.8. The van der Waals surface area contributed by atoms with E-state index in [-0.39, 0.29) is 6.04 Å². The quantitative estimate of drug-likeness (QED) is 0.563. The van der Waals surface area contributed by atoms with E-state index in [0.29, 0.717) is 25.3 Å². The van der Waals surface area contributed by atoms with Gasteiger partial charge in [-0.2, -0.15) is 0 Å². The minimum Gasteiger partial charge on any atom is -0.478 e. The fourth-order valence-corrected chi connectivity index (χ4v) is 4.51. The van der Waals surface area contributed by atoms with Crippen molar-refractivity contribution in [1.29, 1.82) is 0 Å². The Labute approximate surface area is 177 Å². The van der Waals surface area contributed by atoms with Gasteiger partial charge in [-0.05, 0) is 56.6 Å². The molecule has 1 aliphatic heterocycles. The molecule has 158 valence electrons. The zero-order valence-electron chi connectivity index (χ0n) is 17.5. The van der Waals surface area contributed by atoms with Crippen LogP contribution in [0.4, 0.5) is 0 Å². The molecule has 1 aromatic carbocycles. The van der Waals surface area contributed by atoms with Crippen molar-refractivity contribution in [3.63, 3.8) is 0 Å². The van der Waals surface area contributed by atoms with Crippen LogP contribution in [0.15, 0.2) is 48.8 Å². The summed E-state index contributed by atoms with van der Waals surface area (Å²) in [4.78, 5) is 19.1. The van der Waals surface area contributed by atoms with Gasteiger partial charge in [0.05, 0.1) is 18.2 Å². The Morgan fingerprint density at radius 2 is 1.93 bits per heavy atom. The molecule has 0 saturated carbocycles. The van der Waals surface area contributed by atoms with E-state index in [2.05, 4.69) is 26.7 Å². The van der Waals surface area contributed by atoms with Crippen LogP contribution < -0.4 is 0 Å². The predicted octanol–water partition coefficient (Wildman–Crippen LogP) is 4.35. The van der Waals surface area contributed by atoms with Gasteiger partial charge in [0.1, 0.15) is 5.65 Å². The summed E-state index contributed by atoms with van der Waals surface area (Å²) >= 11 is 0. The fraction of sp³-hybridized carbons (Fsp3) is 0.417. The monoisotopic (exact) mass is 407 g/mol. The zero-order valence-corrected chi connectivity index (χ0v) is 17.5. The number of benzene rings is 1. The average Bonchev–Trinajstić information content (AvgIpc) is 3.14. The van der Waals surface area contributed by atoms with E-state index in [1.54, 1.807) is 12.1 Å². The molecule has 1 atom stereocenters. The Kier molecular flexibility index (Phi) is 6.45. The number of aromatic carboxylic acids is 1. The largest absolute Gasteiger partial charge is 0.478 e. The van der Waals surface area contributed by atoms with Gasteiger partial charge in [-0.3, -0.25) is 4.90 Å². The Morgan fingerprint density at radius 1 is 1.13 bits per heavy atom.